The van der Waals surface area contributed by atoms with Crippen molar-refractivity contribution < 1.29 is 33.2 Å². The molecule has 7 nitrogen and oxygen atoms in total. The van der Waals surface area contributed by atoms with Crippen LogP contribution in [0.3, 0.4) is 0 Å². The molecular formula is C21H24FNO6. The molecule has 3 unspecified atom stereocenters. The molecule has 0 amide bonds. The number of hydrogen-bond donors (Lipinski definition) is 2. The van der Waals surface area contributed by atoms with Gasteiger partial charge in [0.2, 0.25) is 0 Å². The van der Waals surface area contributed by atoms with Crippen LogP contribution in [0.2, 0.25) is 0 Å². The van der Waals surface area contributed by atoms with Crippen molar-refractivity contribution in [2.75, 3.05) is 20.3 Å². The van der Waals surface area contributed by atoms with E-state index >= 15 is 0 Å². The number of benzene rings is 2. The third-order valence-corrected chi connectivity index (χ3v) is 4.49. The minimum absolute atomic E-state index is 0.0726. The molecule has 0 aliphatic carbocycles. The predicted molar refractivity (Wildman–Crippen MR) is 102 cm³/mol. The van der Waals surface area contributed by atoms with E-state index in [0.29, 0.717) is 30.0 Å². The molecule has 2 N–H and O–H groups in total. The quantitative estimate of drug-likeness (QED) is 0.685. The third kappa shape index (κ3) is 5.82. The summed E-state index contributed by atoms with van der Waals surface area (Å²) in [7, 11) is 1.22. The Hall–Kier alpha value is -2.84. The zero-order chi connectivity index (χ0) is 20.8. The highest BCUT2D eigenvalue weighted by Crippen LogP contribution is 2.33. The second-order valence-corrected chi connectivity index (χ2v) is 6.79. The Morgan fingerprint density at radius 2 is 2.03 bits per heavy atom. The van der Waals surface area contributed by atoms with Gasteiger partial charge in [0.1, 0.15) is 5.82 Å². The summed E-state index contributed by atoms with van der Waals surface area (Å²) in [5, 5.41) is 13.5. The van der Waals surface area contributed by atoms with Gasteiger partial charge in [-0.2, -0.15) is 0 Å². The van der Waals surface area contributed by atoms with Crippen LogP contribution in [-0.2, 0) is 15.9 Å². The SMILES string of the molecule is COC(=O)OC1COc2cc(CC(C)NCC(O)c3ccc(F)cc3)ccc2O1. The molecule has 0 bridgehead atoms. The second-order valence-electron chi connectivity index (χ2n) is 6.79. The molecule has 2 aromatic rings. The maximum absolute atomic E-state index is 13.0. The van der Waals surface area contributed by atoms with Gasteiger partial charge in [0.05, 0.1) is 13.2 Å². The van der Waals surface area contributed by atoms with Crippen LogP contribution in [0.1, 0.15) is 24.2 Å². The maximum atomic E-state index is 13.0. The highest BCUT2D eigenvalue weighted by atomic mass is 19.1. The normalized spacial score (nSPS) is 17.3. The van der Waals surface area contributed by atoms with Crippen LogP contribution in [0.4, 0.5) is 9.18 Å². The summed E-state index contributed by atoms with van der Waals surface area (Å²) in [5.41, 5.74) is 1.69. The Bertz CT molecular complexity index is 828. The fraction of sp³-hybridized carbons (Fsp3) is 0.381. The summed E-state index contributed by atoms with van der Waals surface area (Å²) in [5.74, 6) is 0.732. The zero-order valence-electron chi connectivity index (χ0n) is 16.3. The molecule has 156 valence electrons. The lowest BCUT2D eigenvalue weighted by Gasteiger charge is -2.26. The number of aliphatic hydroxyl groups is 1. The van der Waals surface area contributed by atoms with Gasteiger partial charge in [-0.1, -0.05) is 18.2 Å². The standard InChI is InChI=1S/C21H24FNO6/c1-13(23-11-17(24)15-4-6-16(22)7-5-15)9-14-3-8-18-19(10-14)27-12-20(28-18)29-21(25)26-2/h3-8,10,13,17,20,23-24H,9,11-12H2,1-2H3. The first-order valence-electron chi connectivity index (χ1n) is 9.28. The largest absolute Gasteiger partial charge is 0.511 e. The van der Waals surface area contributed by atoms with Crippen molar-refractivity contribution in [1.82, 2.24) is 5.32 Å². The lowest BCUT2D eigenvalue weighted by Crippen LogP contribution is -2.34. The molecule has 1 aliphatic heterocycles. The van der Waals surface area contributed by atoms with Crippen molar-refractivity contribution in [3.05, 3.63) is 59.4 Å². The Morgan fingerprint density at radius 1 is 1.28 bits per heavy atom. The van der Waals surface area contributed by atoms with Crippen LogP contribution >= 0.6 is 0 Å². The molecule has 2 aromatic carbocycles. The Balaban J connectivity index is 1.50. The van der Waals surface area contributed by atoms with Crippen LogP contribution in [0.5, 0.6) is 11.5 Å². The minimum atomic E-state index is -0.852. The molecule has 1 aliphatic rings. The summed E-state index contributed by atoms with van der Waals surface area (Å²) in [6.45, 7) is 2.43. The number of aliphatic hydroxyl groups excluding tert-OH is 1. The summed E-state index contributed by atoms with van der Waals surface area (Å²) in [4.78, 5) is 11.2. The lowest BCUT2D eigenvalue weighted by molar-refractivity contribution is -0.0934. The molecule has 8 heteroatoms. The summed E-state index contributed by atoms with van der Waals surface area (Å²) >= 11 is 0. The molecule has 0 radical (unpaired) electrons. The van der Waals surface area contributed by atoms with Gasteiger partial charge in [-0.15, -0.1) is 0 Å². The molecule has 3 atom stereocenters. The van der Waals surface area contributed by atoms with Gasteiger partial charge in [-0.05, 0) is 48.7 Å². The van der Waals surface area contributed by atoms with E-state index in [0.717, 1.165) is 5.56 Å². The minimum Gasteiger partial charge on any atom is -0.482 e. The Morgan fingerprint density at radius 3 is 2.76 bits per heavy atom. The average Bonchev–Trinajstić information content (AvgIpc) is 2.72. The van der Waals surface area contributed by atoms with Gasteiger partial charge in [-0.3, -0.25) is 0 Å². The molecular weight excluding hydrogens is 381 g/mol. The number of nitrogens with one attached hydrogen (secondary N) is 1. The number of ether oxygens (including phenoxy) is 4. The van der Waals surface area contributed by atoms with Crippen LogP contribution < -0.4 is 14.8 Å². The molecule has 3 rings (SSSR count). The van der Waals surface area contributed by atoms with E-state index in [1.54, 1.807) is 18.2 Å². The van der Waals surface area contributed by atoms with Crippen molar-refractivity contribution >= 4 is 6.16 Å². The Kier molecular flexibility index (Phi) is 6.90. The number of fused-ring (bicyclic) bond motifs is 1. The molecule has 0 saturated heterocycles. The van der Waals surface area contributed by atoms with Gasteiger partial charge in [0, 0.05) is 12.6 Å². The van der Waals surface area contributed by atoms with Crippen molar-refractivity contribution in [1.29, 1.82) is 0 Å². The smallest absolute Gasteiger partial charge is 0.482 e. The highest BCUT2D eigenvalue weighted by molar-refractivity contribution is 5.59. The van der Waals surface area contributed by atoms with Crippen LogP contribution in [-0.4, -0.2) is 43.9 Å². The van der Waals surface area contributed by atoms with Gasteiger partial charge in [0.15, 0.2) is 18.1 Å². The molecule has 0 spiro atoms. The summed E-state index contributed by atoms with van der Waals surface area (Å²) in [6.07, 6.45) is -1.70. The molecule has 1 heterocycles. The number of carbonyl (C=O) groups is 1. The van der Waals surface area contributed by atoms with Crippen LogP contribution in [0.15, 0.2) is 42.5 Å². The van der Waals surface area contributed by atoms with E-state index in [1.165, 1.54) is 19.2 Å². The van der Waals surface area contributed by atoms with Crippen molar-refractivity contribution in [3.63, 3.8) is 0 Å². The maximum Gasteiger partial charge on any atom is 0.511 e. The van der Waals surface area contributed by atoms with E-state index in [4.69, 9.17) is 14.2 Å². The lowest BCUT2D eigenvalue weighted by atomic mass is 10.1. The number of carbonyl (C=O) groups excluding carboxylic acids is 1. The third-order valence-electron chi connectivity index (χ3n) is 4.49. The Labute approximate surface area is 168 Å². The number of halogens is 1. The number of methoxy groups -OCH3 is 1. The monoisotopic (exact) mass is 405 g/mol. The van der Waals surface area contributed by atoms with Gasteiger partial charge < -0.3 is 29.4 Å². The van der Waals surface area contributed by atoms with Crippen LogP contribution in [0.25, 0.3) is 0 Å². The summed E-state index contributed by atoms with van der Waals surface area (Å²) in [6, 6.07) is 11.4. The first-order chi connectivity index (χ1) is 13.9. The van der Waals surface area contributed by atoms with Crippen molar-refractivity contribution in [2.45, 2.75) is 31.8 Å². The predicted octanol–water partition coefficient (Wildman–Crippen LogP) is 2.96. The topological polar surface area (TPSA) is 86.3 Å². The average molecular weight is 405 g/mol. The number of hydrogen-bond acceptors (Lipinski definition) is 7. The van der Waals surface area contributed by atoms with Gasteiger partial charge in [0.25, 0.3) is 6.29 Å². The van der Waals surface area contributed by atoms with E-state index in [9.17, 15) is 14.3 Å². The molecule has 0 saturated carbocycles. The fourth-order valence-corrected chi connectivity index (χ4v) is 2.98. The number of rotatable bonds is 7. The molecule has 0 fully saturated rings. The van der Waals surface area contributed by atoms with E-state index in [2.05, 4.69) is 10.1 Å². The van der Waals surface area contributed by atoms with E-state index in [-0.39, 0.29) is 18.5 Å². The summed E-state index contributed by atoms with van der Waals surface area (Å²) < 4.78 is 33.5. The van der Waals surface area contributed by atoms with Gasteiger partial charge in [-0.25, -0.2) is 9.18 Å². The van der Waals surface area contributed by atoms with Crippen molar-refractivity contribution in [3.8, 4) is 11.5 Å². The van der Waals surface area contributed by atoms with E-state index in [1.807, 2.05) is 19.1 Å². The van der Waals surface area contributed by atoms with E-state index < -0.39 is 18.5 Å². The zero-order valence-corrected chi connectivity index (χ0v) is 16.3. The second kappa shape index (κ2) is 9.58. The molecule has 0 aromatic heterocycles. The fourth-order valence-electron chi connectivity index (χ4n) is 2.98. The highest BCUT2D eigenvalue weighted by Gasteiger charge is 2.25. The first kappa shape index (κ1) is 20.9. The van der Waals surface area contributed by atoms with Crippen molar-refractivity contribution in [2.24, 2.45) is 0 Å². The first-order valence-corrected chi connectivity index (χ1v) is 9.28. The molecule has 29 heavy (non-hydrogen) atoms. The van der Waals surface area contributed by atoms with Crippen LogP contribution in [0, 0.1) is 5.82 Å². The van der Waals surface area contributed by atoms with Gasteiger partial charge >= 0.3 is 6.16 Å².